The number of carbonyl (C=O) groups is 1. The van der Waals surface area contributed by atoms with Crippen LogP contribution in [0.5, 0.6) is 0 Å². The second kappa shape index (κ2) is 19.9. The van der Waals surface area contributed by atoms with E-state index in [0.29, 0.717) is 29.2 Å². The Kier molecular flexibility index (Phi) is 19.9. The zero-order valence-electron chi connectivity index (χ0n) is 30.8. The highest BCUT2D eigenvalue weighted by molar-refractivity contribution is 6.83. The number of halogens is 3. The van der Waals surface area contributed by atoms with E-state index in [1.807, 2.05) is 25.7 Å². The highest BCUT2D eigenvalue weighted by Gasteiger charge is 2.38. The van der Waals surface area contributed by atoms with Gasteiger partial charge in [-0.3, -0.25) is 10.0 Å². The standard InChI is InChI=1S/C13H19ClN2OSi.C12H21ClNO2Si.C4H9NSi.C3H6ClNO/c1-13(2,3)18(4,5)17-9-10-6-11(8-15)16-12(14)7-10;1-12(2,3)17(4,5)16-9-10-6-7-14(15)11(13)8-10;1-6(2,3)4-5;1-5(2)3(4)6/h6-7H,9H2,1-5H3;6-8,15H,9H2,1-5H3;1-3H3;1-2H3/q;+1;;. The molecule has 0 bridgehead atoms. The lowest BCUT2D eigenvalue weighted by Crippen LogP contribution is -2.40. The van der Waals surface area contributed by atoms with E-state index in [1.54, 1.807) is 38.4 Å². The topological polar surface area (TPSA) is 123 Å². The molecule has 0 aliphatic heterocycles. The maximum atomic E-state index is 9.83. The van der Waals surface area contributed by atoms with Crippen LogP contribution >= 0.6 is 34.8 Å². The Morgan fingerprint density at radius 2 is 1.30 bits per heavy atom. The highest BCUT2D eigenvalue weighted by Crippen LogP contribution is 2.38. The minimum Gasteiger partial charge on any atom is -0.413 e. The van der Waals surface area contributed by atoms with Crippen LogP contribution in [-0.2, 0) is 22.1 Å². The molecule has 264 valence electrons. The van der Waals surface area contributed by atoms with E-state index in [2.05, 4.69) is 78.4 Å². The molecule has 0 saturated heterocycles. The summed E-state index contributed by atoms with van der Waals surface area (Å²) >= 11 is 16.6. The van der Waals surface area contributed by atoms with Crippen molar-refractivity contribution in [3.05, 3.63) is 57.6 Å². The van der Waals surface area contributed by atoms with E-state index in [-0.39, 0.29) is 10.1 Å². The molecule has 9 nitrogen and oxygen atoms in total. The fourth-order valence-electron chi connectivity index (χ4n) is 2.25. The summed E-state index contributed by atoms with van der Waals surface area (Å²) in [5, 5.41) is 26.9. The van der Waals surface area contributed by atoms with Gasteiger partial charge in [0.1, 0.15) is 16.9 Å². The Morgan fingerprint density at radius 3 is 1.62 bits per heavy atom. The number of nitriles is 2. The Bertz CT molecular complexity index is 1380. The van der Waals surface area contributed by atoms with Gasteiger partial charge in [-0.2, -0.15) is 5.26 Å². The van der Waals surface area contributed by atoms with Gasteiger partial charge in [0, 0.05) is 36.7 Å². The molecule has 0 atom stereocenters. The second-order valence-corrected chi connectivity index (χ2v) is 30.5. The van der Waals surface area contributed by atoms with Crippen LogP contribution in [0.4, 0.5) is 4.79 Å². The Hall–Kier alpha value is -2.01. The molecule has 0 aliphatic carbocycles. The lowest BCUT2D eigenvalue weighted by atomic mass is 10.2. The van der Waals surface area contributed by atoms with Crippen LogP contribution in [0.1, 0.15) is 58.4 Å². The largest absolute Gasteiger partial charge is 0.413 e. The van der Waals surface area contributed by atoms with Gasteiger partial charge in [0.15, 0.2) is 24.7 Å². The van der Waals surface area contributed by atoms with Gasteiger partial charge >= 0.3 is 10.5 Å². The summed E-state index contributed by atoms with van der Waals surface area (Å²) in [6.07, 6.45) is 1.52. The minimum absolute atomic E-state index is 0.169. The first-order valence-electron chi connectivity index (χ1n) is 15.0. The Labute approximate surface area is 301 Å². The summed E-state index contributed by atoms with van der Waals surface area (Å²) in [6.45, 7) is 29.1. The van der Waals surface area contributed by atoms with Crippen molar-refractivity contribution in [3.63, 3.8) is 0 Å². The molecule has 0 aromatic carbocycles. The molecule has 2 aromatic heterocycles. The maximum Gasteiger partial charge on any atom is 0.325 e. The summed E-state index contributed by atoms with van der Waals surface area (Å²) in [4.78, 5) is 15.0. The van der Waals surface area contributed by atoms with Gasteiger partial charge in [0.05, 0.1) is 13.2 Å². The number of hydrogen-bond donors (Lipinski definition) is 1. The van der Waals surface area contributed by atoms with Gasteiger partial charge < -0.3 is 13.8 Å². The number of pyridine rings is 2. The fourth-order valence-corrected chi connectivity index (χ4v) is 4.59. The van der Waals surface area contributed by atoms with Crippen molar-refractivity contribution in [2.45, 2.75) is 111 Å². The first-order valence-corrected chi connectivity index (χ1v) is 25.5. The summed E-state index contributed by atoms with van der Waals surface area (Å²) < 4.78 is 13.0. The van der Waals surface area contributed by atoms with Crippen LogP contribution in [0, 0.1) is 22.3 Å². The van der Waals surface area contributed by atoms with Crippen LogP contribution in [0.2, 0.25) is 66.2 Å². The van der Waals surface area contributed by atoms with Crippen molar-refractivity contribution >= 4 is 64.9 Å². The SMILES string of the molecule is CC(C)(C)[Si](C)(C)OCc1cc(Cl)nc(C#N)c1.CC(C)(C)[Si](C)(C)OCc1cc[n+](O)c(Cl)c1.CN(C)C(=O)Cl.C[Si](C)(C)C#N. The molecule has 15 heteroatoms. The second-order valence-electron chi connectivity index (χ2n) is 15.1. The van der Waals surface area contributed by atoms with Crippen LogP contribution in [-0.4, -0.2) is 59.3 Å². The van der Waals surface area contributed by atoms with E-state index in [9.17, 15) is 10.0 Å². The van der Waals surface area contributed by atoms with Crippen molar-refractivity contribution in [2.75, 3.05) is 14.1 Å². The molecule has 0 saturated carbocycles. The van der Waals surface area contributed by atoms with Crippen molar-refractivity contribution in [1.29, 1.82) is 10.5 Å². The van der Waals surface area contributed by atoms with E-state index in [0.717, 1.165) is 15.9 Å². The molecule has 2 rings (SSSR count). The third-order valence-corrected chi connectivity index (χ3v) is 17.9. The van der Waals surface area contributed by atoms with Gasteiger partial charge in [0.25, 0.3) is 0 Å². The molecule has 2 aromatic rings. The monoisotopic (exact) mass is 762 g/mol. The van der Waals surface area contributed by atoms with Crippen molar-refractivity contribution in [3.8, 4) is 11.8 Å². The molecule has 0 radical (unpaired) electrons. The third-order valence-electron chi connectivity index (χ3n) is 7.42. The molecular formula is C32H55Cl3N5O4Si3+. The average molecular weight is 764 g/mol. The predicted molar refractivity (Wildman–Crippen MR) is 201 cm³/mol. The molecule has 2 heterocycles. The Balaban J connectivity index is 0. The van der Waals surface area contributed by atoms with Gasteiger partial charge in [-0.15, -0.1) is 0 Å². The number of nitrogens with zero attached hydrogens (tertiary/aromatic N) is 5. The van der Waals surface area contributed by atoms with Gasteiger partial charge in [0.2, 0.25) is 6.20 Å². The zero-order chi connectivity index (χ0) is 37.6. The number of amides is 1. The number of aromatic nitrogens is 2. The molecule has 0 fully saturated rings. The first-order chi connectivity index (χ1) is 21.0. The fraction of sp³-hybridized carbons (Fsp3) is 0.594. The number of carbonyl (C=O) groups excluding carboxylic acids is 1. The van der Waals surface area contributed by atoms with Crippen molar-refractivity contribution in [1.82, 2.24) is 9.88 Å². The van der Waals surface area contributed by atoms with Gasteiger partial charge in [-0.05, 0) is 82.7 Å². The highest BCUT2D eigenvalue weighted by atomic mass is 35.5. The molecule has 1 amide bonds. The number of rotatable bonds is 6. The smallest absolute Gasteiger partial charge is 0.325 e. The molecule has 0 aliphatic rings. The molecule has 0 unspecified atom stereocenters. The zero-order valence-corrected chi connectivity index (χ0v) is 36.1. The van der Waals surface area contributed by atoms with Crippen molar-refractivity contribution < 1.29 is 23.6 Å². The van der Waals surface area contributed by atoms with E-state index in [4.69, 9.17) is 54.2 Å². The van der Waals surface area contributed by atoms with Crippen LogP contribution < -0.4 is 4.73 Å². The maximum absolute atomic E-state index is 9.83. The predicted octanol–water partition coefficient (Wildman–Crippen LogP) is 9.81. The van der Waals surface area contributed by atoms with Gasteiger partial charge in [-0.1, -0.05) is 72.8 Å². The summed E-state index contributed by atoms with van der Waals surface area (Å²) in [7, 11) is -1.65. The lowest BCUT2D eigenvalue weighted by Gasteiger charge is -2.36. The summed E-state index contributed by atoms with van der Waals surface area (Å²) in [5.41, 5.74) is 4.45. The Morgan fingerprint density at radius 1 is 0.894 bits per heavy atom. The van der Waals surface area contributed by atoms with E-state index >= 15 is 0 Å². The minimum atomic E-state index is -1.78. The summed E-state index contributed by atoms with van der Waals surface area (Å²) in [6, 6.07) is 8.98. The lowest BCUT2D eigenvalue weighted by molar-refractivity contribution is -0.903. The van der Waals surface area contributed by atoms with E-state index in [1.165, 1.54) is 11.1 Å². The molecule has 47 heavy (non-hydrogen) atoms. The van der Waals surface area contributed by atoms with Crippen LogP contribution in [0.3, 0.4) is 0 Å². The first kappa shape index (κ1) is 47.1. The quantitative estimate of drug-likeness (QED) is 0.0776. The molecule has 1 N–H and O–H groups in total. The third kappa shape index (κ3) is 20.2. The van der Waals surface area contributed by atoms with Gasteiger partial charge in [-0.25, -0.2) is 10.2 Å². The normalized spacial score (nSPS) is 11.7. The molecule has 0 spiro atoms. The van der Waals surface area contributed by atoms with Crippen molar-refractivity contribution in [2.24, 2.45) is 0 Å². The van der Waals surface area contributed by atoms with E-state index < -0.39 is 30.1 Å². The van der Waals surface area contributed by atoms with Crippen LogP contribution in [0.15, 0.2) is 30.5 Å². The average Bonchev–Trinajstić information content (AvgIpc) is 2.91. The van der Waals surface area contributed by atoms with Crippen LogP contribution in [0.25, 0.3) is 0 Å². The summed E-state index contributed by atoms with van der Waals surface area (Å²) in [5.74, 6) is 0. The molecular weight excluding hydrogens is 709 g/mol. The number of hydrogen-bond acceptors (Lipinski definition) is 7.